The quantitative estimate of drug-likeness (QED) is 0.143. The molecule has 5 heterocycles. The molecule has 0 radical (unpaired) electrons. The molecule has 298 valence electrons. The first-order valence-corrected chi connectivity index (χ1v) is 20.2. The maximum absolute atomic E-state index is 12.1. The van der Waals surface area contributed by atoms with Gasteiger partial charge in [-0.25, -0.2) is 20.0 Å². The van der Waals surface area contributed by atoms with E-state index < -0.39 is 23.0 Å². The average Bonchev–Trinajstić information content (AvgIpc) is 3.94. The van der Waals surface area contributed by atoms with Crippen LogP contribution in [0.1, 0.15) is 146 Å². The summed E-state index contributed by atoms with van der Waals surface area (Å²) in [7, 11) is 0. The number of hydrogen-bond acceptors (Lipinski definition) is 7. The van der Waals surface area contributed by atoms with Gasteiger partial charge in [-0.2, -0.15) is 0 Å². The summed E-state index contributed by atoms with van der Waals surface area (Å²) in [6.07, 6.45) is 30.4. The molecule has 0 aliphatic carbocycles. The minimum atomic E-state index is -0.904. The van der Waals surface area contributed by atoms with E-state index in [1.807, 2.05) is 43.4 Å². The maximum atomic E-state index is 12.1. The van der Waals surface area contributed by atoms with Crippen molar-refractivity contribution in [1.29, 1.82) is 0 Å². The summed E-state index contributed by atoms with van der Waals surface area (Å²) in [5, 5.41) is 27.5. The molecule has 1 unspecified atom stereocenters. The largest absolute Gasteiger partial charge is 0.481 e. The van der Waals surface area contributed by atoms with Crippen LogP contribution < -0.4 is 0 Å². The smallest absolute Gasteiger partial charge is 0.303 e. The molecular weight excluding hydrogens is 689 g/mol. The number of fused-ring (bicyclic) bond motifs is 4. The molecule has 55 heavy (non-hydrogen) atoms. The predicted molar refractivity (Wildman–Crippen MR) is 228 cm³/mol. The summed E-state index contributed by atoms with van der Waals surface area (Å²) in [6.45, 7) is 18.2. The minimum absolute atomic E-state index is 0.222. The van der Waals surface area contributed by atoms with Crippen molar-refractivity contribution in [2.75, 3.05) is 0 Å². The molecule has 0 amide bonds. The van der Waals surface area contributed by atoms with E-state index in [2.05, 4.69) is 53.7 Å². The molecule has 5 aliphatic rings. The monoisotopic (exact) mass is 752 g/mol. The Labute approximate surface area is 329 Å². The Balaban J connectivity index is 0.000000721. The number of unbranched alkanes of at least 4 members (excludes halogenated alkanes) is 9. The Hall–Kier alpha value is -4.50. The molecule has 0 aromatic rings. The number of aliphatic carboxylic acids is 2. The van der Waals surface area contributed by atoms with Crippen molar-refractivity contribution in [3.8, 4) is 0 Å². The van der Waals surface area contributed by atoms with Crippen LogP contribution in [0.4, 0.5) is 0 Å². The zero-order valence-corrected chi connectivity index (χ0v) is 34.8. The van der Waals surface area contributed by atoms with Gasteiger partial charge in [-0.1, -0.05) is 98.8 Å². The van der Waals surface area contributed by atoms with Crippen molar-refractivity contribution < 1.29 is 24.9 Å². The highest BCUT2D eigenvalue weighted by Crippen LogP contribution is 2.46. The summed E-state index contributed by atoms with van der Waals surface area (Å²) < 4.78 is 0. The lowest BCUT2D eigenvalue weighted by atomic mass is 9.66. The van der Waals surface area contributed by atoms with Crippen LogP contribution >= 0.6 is 0 Å². The average molecular weight is 753 g/mol. The van der Waals surface area contributed by atoms with E-state index in [4.69, 9.17) is 30.2 Å². The van der Waals surface area contributed by atoms with Crippen molar-refractivity contribution in [3.05, 3.63) is 93.7 Å². The molecule has 1 atom stereocenters. The fourth-order valence-corrected chi connectivity index (χ4v) is 6.66. The molecule has 9 nitrogen and oxygen atoms in total. The van der Waals surface area contributed by atoms with Crippen molar-refractivity contribution in [2.24, 2.45) is 25.4 Å². The van der Waals surface area contributed by atoms with Gasteiger partial charge in [0.1, 0.15) is 0 Å². The van der Waals surface area contributed by atoms with Crippen molar-refractivity contribution in [1.82, 2.24) is 0 Å². The van der Waals surface area contributed by atoms with Crippen LogP contribution in [-0.4, -0.2) is 55.7 Å². The molecule has 0 saturated carbocycles. The molecule has 0 saturated heterocycles. The number of hydrogen-bond donors (Lipinski definition) is 3. The van der Waals surface area contributed by atoms with Gasteiger partial charge < -0.3 is 15.3 Å². The molecule has 3 N–H and O–H groups in total. The van der Waals surface area contributed by atoms with Crippen molar-refractivity contribution >= 4 is 34.8 Å². The summed E-state index contributed by atoms with van der Waals surface area (Å²) in [4.78, 5) is 38.7. The number of nitrogens with zero attached hydrogens (tertiary/aromatic N) is 4. The Morgan fingerprint density at radius 2 is 1.05 bits per heavy atom. The first kappa shape index (κ1) is 44.9. The summed E-state index contributed by atoms with van der Waals surface area (Å²) in [5.74, 6) is -1.49. The Morgan fingerprint density at radius 3 is 1.56 bits per heavy atom. The number of rotatable bonds is 15. The minimum Gasteiger partial charge on any atom is -0.481 e. The SMILES string of the molecule is CCC(=O)O.CCC(=O)O.CCCCCCCCCCCCC(C)(O)C(C)(C)C1=CC2=CC3=NC(=CC4=NC(=CC5=NC(=C(C)C1=N2)C(C)=C5C)C=C4)C=C3. The fourth-order valence-electron chi connectivity index (χ4n) is 6.66. The Bertz CT molecular complexity index is 1820. The highest BCUT2D eigenvalue weighted by Gasteiger charge is 2.45. The summed E-state index contributed by atoms with van der Waals surface area (Å²) in [6, 6.07) is 0. The van der Waals surface area contributed by atoms with Crippen LogP contribution in [0.25, 0.3) is 0 Å². The van der Waals surface area contributed by atoms with Gasteiger partial charge in [0.2, 0.25) is 0 Å². The van der Waals surface area contributed by atoms with Crippen LogP contribution in [0, 0.1) is 5.41 Å². The summed E-state index contributed by atoms with van der Waals surface area (Å²) >= 11 is 0. The van der Waals surface area contributed by atoms with E-state index in [0.717, 1.165) is 87.2 Å². The lowest BCUT2D eigenvalue weighted by Gasteiger charge is -2.42. The Morgan fingerprint density at radius 1 is 0.582 bits per heavy atom. The number of aliphatic imine (C=N–C) groups is 4. The van der Waals surface area contributed by atoms with E-state index in [1.54, 1.807) is 13.8 Å². The van der Waals surface area contributed by atoms with Gasteiger partial charge in [0, 0.05) is 23.8 Å². The third-order valence-electron chi connectivity index (χ3n) is 10.9. The second-order valence-corrected chi connectivity index (χ2v) is 15.5. The fraction of sp³-hybridized carbons (Fsp3) is 0.522. The molecule has 0 fully saturated rings. The van der Waals surface area contributed by atoms with Crippen LogP contribution in [0.15, 0.2) is 114 Å². The molecule has 0 aromatic heterocycles. The molecule has 8 bridgehead atoms. The van der Waals surface area contributed by atoms with E-state index in [9.17, 15) is 14.7 Å². The third-order valence-corrected chi connectivity index (χ3v) is 10.9. The van der Waals surface area contributed by atoms with Gasteiger partial charge in [-0.15, -0.1) is 0 Å². The number of carboxylic acids is 2. The van der Waals surface area contributed by atoms with Gasteiger partial charge >= 0.3 is 11.9 Å². The molecule has 0 spiro atoms. The molecule has 0 aromatic carbocycles. The third kappa shape index (κ3) is 12.8. The van der Waals surface area contributed by atoms with Crippen LogP contribution in [0.5, 0.6) is 0 Å². The maximum Gasteiger partial charge on any atom is 0.303 e. The van der Waals surface area contributed by atoms with E-state index in [-0.39, 0.29) is 12.8 Å². The number of aliphatic hydroxyl groups is 1. The van der Waals surface area contributed by atoms with E-state index >= 15 is 0 Å². The van der Waals surface area contributed by atoms with Gasteiger partial charge in [-0.3, -0.25) is 9.59 Å². The van der Waals surface area contributed by atoms with Gasteiger partial charge in [-0.05, 0) is 99.4 Å². The molecule has 5 aliphatic heterocycles. The van der Waals surface area contributed by atoms with E-state index in [0.29, 0.717) is 0 Å². The molecular formula is C46H64N4O5. The zero-order valence-electron chi connectivity index (χ0n) is 34.8. The van der Waals surface area contributed by atoms with Crippen LogP contribution in [0.3, 0.4) is 0 Å². The lowest BCUT2D eigenvalue weighted by Crippen LogP contribution is -2.44. The van der Waals surface area contributed by atoms with Crippen molar-refractivity contribution in [2.45, 2.75) is 151 Å². The lowest BCUT2D eigenvalue weighted by molar-refractivity contribution is -0.137. The molecule has 9 heteroatoms. The standard InChI is InChI=1S/C40H52N4O.2C3H6O2/c1-8-9-10-11-12-13-14-15-16-17-22-40(7,45)39(5,6)35-25-34-24-32-19-18-30(41-32)23-31-20-21-33(42-31)26-36-27(2)28(3)37(44-36)29(4)38(35)43-34;2*1-2-3(4)5/h18-21,23-26,45H,8-17,22H2,1-7H3;2*2H2,1H3,(H,4,5). The number of carbonyl (C=O) groups is 2. The second kappa shape index (κ2) is 21.0. The van der Waals surface area contributed by atoms with Crippen LogP contribution in [-0.2, 0) is 9.59 Å². The Kier molecular flexibility index (Phi) is 17.1. The second-order valence-electron chi connectivity index (χ2n) is 15.5. The zero-order chi connectivity index (χ0) is 40.8. The van der Waals surface area contributed by atoms with Gasteiger partial charge in [0.05, 0.1) is 51.2 Å². The first-order chi connectivity index (χ1) is 26.0. The highest BCUT2D eigenvalue weighted by atomic mass is 16.4. The first-order valence-electron chi connectivity index (χ1n) is 20.2. The van der Waals surface area contributed by atoms with Gasteiger partial charge in [0.15, 0.2) is 0 Å². The van der Waals surface area contributed by atoms with E-state index in [1.165, 1.54) is 51.4 Å². The highest BCUT2D eigenvalue weighted by molar-refractivity contribution is 6.20. The van der Waals surface area contributed by atoms with Crippen LogP contribution in [0.2, 0.25) is 0 Å². The number of carboxylic acid groups (broad SMARTS) is 2. The topological polar surface area (TPSA) is 144 Å². The summed E-state index contributed by atoms with van der Waals surface area (Å²) in [5.41, 5.74) is 10.1. The number of allylic oxidation sites excluding steroid dienone is 11. The van der Waals surface area contributed by atoms with Gasteiger partial charge in [0.25, 0.3) is 0 Å². The predicted octanol–water partition coefficient (Wildman–Crippen LogP) is 11.2. The van der Waals surface area contributed by atoms with Crippen molar-refractivity contribution in [3.63, 3.8) is 0 Å². The molecule has 5 rings (SSSR count). The normalized spacial score (nSPS) is 18.1.